The molecule has 4 bridgehead atoms. The maximum atomic E-state index is 12.4. The summed E-state index contributed by atoms with van der Waals surface area (Å²) in [6.07, 6.45) is 8.70. The highest BCUT2D eigenvalue weighted by molar-refractivity contribution is 5.93. The standard InChI is InChI=1S/C22H31N3O4/c1-24(14-22-11-15-7-16(12-22)9-17(8-15)13-22)6-5-21(26)23-19-4-3-18(29-2)10-20(19)25(27)28/h3-4,10,15-17H,5-9,11-14H2,1-2H3,(H,23,26). The molecule has 0 saturated heterocycles. The van der Waals surface area contributed by atoms with Crippen molar-refractivity contribution in [2.45, 2.75) is 44.9 Å². The molecule has 29 heavy (non-hydrogen) atoms. The minimum absolute atomic E-state index is 0.153. The summed E-state index contributed by atoms with van der Waals surface area (Å²) in [6, 6.07) is 4.46. The molecule has 0 aliphatic heterocycles. The highest BCUT2D eigenvalue weighted by Crippen LogP contribution is 2.60. The Balaban J connectivity index is 1.30. The molecule has 0 heterocycles. The van der Waals surface area contributed by atoms with Gasteiger partial charge in [0.1, 0.15) is 11.4 Å². The number of ether oxygens (including phenoxy) is 1. The number of carbonyl (C=O) groups excluding carboxylic acids is 1. The van der Waals surface area contributed by atoms with Gasteiger partial charge < -0.3 is 15.0 Å². The summed E-state index contributed by atoms with van der Waals surface area (Å²) in [4.78, 5) is 25.5. The third-order valence-corrected chi connectivity index (χ3v) is 7.17. The zero-order chi connectivity index (χ0) is 20.6. The number of nitro benzene ring substituents is 1. The molecule has 1 aromatic rings. The monoisotopic (exact) mass is 401 g/mol. The predicted molar refractivity (Wildman–Crippen MR) is 111 cm³/mol. The van der Waals surface area contributed by atoms with Crippen LogP contribution in [0.5, 0.6) is 5.75 Å². The molecule has 7 heteroatoms. The van der Waals surface area contributed by atoms with E-state index in [2.05, 4.69) is 17.3 Å². The molecule has 4 fully saturated rings. The van der Waals surface area contributed by atoms with E-state index in [-0.39, 0.29) is 17.3 Å². The number of nitrogens with zero attached hydrogens (tertiary/aromatic N) is 2. The van der Waals surface area contributed by atoms with Crippen LogP contribution in [0.25, 0.3) is 0 Å². The topological polar surface area (TPSA) is 84.7 Å². The molecule has 7 nitrogen and oxygen atoms in total. The number of hydrogen-bond acceptors (Lipinski definition) is 5. The zero-order valence-electron chi connectivity index (χ0n) is 17.4. The largest absolute Gasteiger partial charge is 0.496 e. The molecular weight excluding hydrogens is 370 g/mol. The van der Waals surface area contributed by atoms with Crippen molar-refractivity contribution < 1.29 is 14.5 Å². The van der Waals surface area contributed by atoms with Gasteiger partial charge in [0.05, 0.1) is 18.1 Å². The van der Waals surface area contributed by atoms with Gasteiger partial charge in [-0.05, 0) is 80.9 Å². The summed E-state index contributed by atoms with van der Waals surface area (Å²) in [6.45, 7) is 1.73. The van der Waals surface area contributed by atoms with Crippen molar-refractivity contribution in [3.8, 4) is 5.75 Å². The van der Waals surface area contributed by atoms with Gasteiger partial charge in [0.2, 0.25) is 5.91 Å². The Morgan fingerprint density at radius 1 is 1.24 bits per heavy atom. The van der Waals surface area contributed by atoms with Gasteiger partial charge in [-0.2, -0.15) is 0 Å². The quantitative estimate of drug-likeness (QED) is 0.524. The molecule has 4 aliphatic carbocycles. The molecule has 4 saturated carbocycles. The number of carbonyl (C=O) groups is 1. The average Bonchev–Trinajstić information content (AvgIpc) is 2.65. The molecule has 1 aromatic carbocycles. The third kappa shape index (κ3) is 4.39. The van der Waals surface area contributed by atoms with Gasteiger partial charge in [0, 0.05) is 19.5 Å². The molecule has 0 aromatic heterocycles. The van der Waals surface area contributed by atoms with Crippen molar-refractivity contribution in [1.29, 1.82) is 0 Å². The Labute approximate surface area is 171 Å². The van der Waals surface area contributed by atoms with Crippen LogP contribution in [0.4, 0.5) is 11.4 Å². The molecule has 1 N–H and O–H groups in total. The van der Waals surface area contributed by atoms with Gasteiger partial charge in [-0.1, -0.05) is 0 Å². The first kappa shape index (κ1) is 20.1. The van der Waals surface area contributed by atoms with Gasteiger partial charge in [-0.15, -0.1) is 0 Å². The number of nitro groups is 1. The van der Waals surface area contributed by atoms with E-state index in [1.807, 2.05) is 0 Å². The SMILES string of the molecule is COc1ccc(NC(=O)CCN(C)CC23CC4CC(CC(C4)C2)C3)c([N+](=O)[O-])c1. The second-order valence-electron chi connectivity index (χ2n) is 9.59. The maximum Gasteiger partial charge on any atom is 0.296 e. The second-order valence-corrected chi connectivity index (χ2v) is 9.59. The lowest BCUT2D eigenvalue weighted by atomic mass is 9.49. The average molecular weight is 402 g/mol. The number of hydrogen-bond donors (Lipinski definition) is 1. The highest BCUT2D eigenvalue weighted by Gasteiger charge is 2.50. The van der Waals surface area contributed by atoms with E-state index in [1.165, 1.54) is 57.8 Å². The normalized spacial score (nSPS) is 29.8. The van der Waals surface area contributed by atoms with Crippen molar-refractivity contribution >= 4 is 17.3 Å². The van der Waals surface area contributed by atoms with Crippen molar-refractivity contribution in [1.82, 2.24) is 4.90 Å². The van der Waals surface area contributed by atoms with Crippen LogP contribution in [-0.4, -0.2) is 43.0 Å². The van der Waals surface area contributed by atoms with Crippen molar-refractivity contribution in [3.05, 3.63) is 28.3 Å². The van der Waals surface area contributed by atoms with E-state index in [4.69, 9.17) is 4.74 Å². The van der Waals surface area contributed by atoms with Crippen LogP contribution in [-0.2, 0) is 4.79 Å². The van der Waals surface area contributed by atoms with E-state index in [9.17, 15) is 14.9 Å². The molecule has 1 amide bonds. The predicted octanol–water partition coefficient (Wildman–Crippen LogP) is 4.08. The van der Waals surface area contributed by atoms with Crippen LogP contribution in [0.3, 0.4) is 0 Å². The molecular formula is C22H31N3O4. The van der Waals surface area contributed by atoms with Crippen LogP contribution in [0.1, 0.15) is 44.9 Å². The van der Waals surface area contributed by atoms with Gasteiger partial charge in [0.25, 0.3) is 5.69 Å². The van der Waals surface area contributed by atoms with Crippen LogP contribution in [0.2, 0.25) is 0 Å². The number of nitrogens with one attached hydrogen (secondary N) is 1. The van der Waals surface area contributed by atoms with Crippen molar-refractivity contribution in [2.24, 2.45) is 23.2 Å². The van der Waals surface area contributed by atoms with Crippen LogP contribution < -0.4 is 10.1 Å². The molecule has 0 atom stereocenters. The maximum absolute atomic E-state index is 12.4. The Hall–Kier alpha value is -2.15. The van der Waals surface area contributed by atoms with E-state index in [0.29, 0.717) is 24.1 Å². The van der Waals surface area contributed by atoms with E-state index in [1.54, 1.807) is 6.07 Å². The molecule has 0 unspecified atom stereocenters. The van der Waals surface area contributed by atoms with Crippen molar-refractivity contribution in [2.75, 3.05) is 32.6 Å². The summed E-state index contributed by atoms with van der Waals surface area (Å²) >= 11 is 0. The van der Waals surface area contributed by atoms with Gasteiger partial charge in [-0.3, -0.25) is 14.9 Å². The van der Waals surface area contributed by atoms with Crippen molar-refractivity contribution in [3.63, 3.8) is 0 Å². The molecule has 5 rings (SSSR count). The Morgan fingerprint density at radius 3 is 2.41 bits per heavy atom. The smallest absolute Gasteiger partial charge is 0.296 e. The zero-order valence-corrected chi connectivity index (χ0v) is 17.4. The number of anilines is 1. The Bertz CT molecular complexity index is 759. The van der Waals surface area contributed by atoms with Crippen LogP contribution in [0.15, 0.2) is 18.2 Å². The lowest BCUT2D eigenvalue weighted by molar-refractivity contribution is -0.384. The number of amides is 1. The minimum atomic E-state index is -0.503. The van der Waals surface area contributed by atoms with Gasteiger partial charge in [0.15, 0.2) is 0 Å². The first-order valence-electron chi connectivity index (χ1n) is 10.7. The Morgan fingerprint density at radius 2 is 1.86 bits per heavy atom. The van der Waals surface area contributed by atoms with E-state index < -0.39 is 4.92 Å². The number of rotatable bonds is 8. The minimum Gasteiger partial charge on any atom is -0.496 e. The lowest BCUT2D eigenvalue weighted by Crippen LogP contribution is -2.50. The summed E-state index contributed by atoms with van der Waals surface area (Å²) < 4.78 is 5.04. The first-order valence-corrected chi connectivity index (χ1v) is 10.7. The third-order valence-electron chi connectivity index (χ3n) is 7.17. The summed E-state index contributed by atoms with van der Waals surface area (Å²) in [5.41, 5.74) is 0.513. The summed E-state index contributed by atoms with van der Waals surface area (Å²) in [7, 11) is 3.55. The lowest BCUT2D eigenvalue weighted by Gasteiger charge is -2.57. The molecule has 4 aliphatic rings. The fraction of sp³-hybridized carbons (Fsp3) is 0.682. The van der Waals surface area contributed by atoms with Crippen LogP contribution >= 0.6 is 0 Å². The Kier molecular flexibility index (Phi) is 5.51. The number of benzene rings is 1. The van der Waals surface area contributed by atoms with Crippen LogP contribution in [0, 0.1) is 33.3 Å². The highest BCUT2D eigenvalue weighted by atomic mass is 16.6. The summed E-state index contributed by atoms with van der Waals surface area (Å²) in [5.74, 6) is 2.97. The molecule has 158 valence electrons. The summed E-state index contributed by atoms with van der Waals surface area (Å²) in [5, 5.41) is 14.0. The van der Waals surface area contributed by atoms with E-state index >= 15 is 0 Å². The molecule has 0 spiro atoms. The first-order chi connectivity index (χ1) is 13.9. The van der Waals surface area contributed by atoms with Gasteiger partial charge in [-0.25, -0.2) is 0 Å². The van der Waals surface area contributed by atoms with Gasteiger partial charge >= 0.3 is 0 Å². The molecule has 0 radical (unpaired) electrons. The number of methoxy groups -OCH3 is 1. The second kappa shape index (κ2) is 7.94. The van der Waals surface area contributed by atoms with E-state index in [0.717, 1.165) is 24.3 Å². The fourth-order valence-electron chi connectivity index (χ4n) is 6.54. The fourth-order valence-corrected chi connectivity index (χ4v) is 6.54.